The van der Waals surface area contributed by atoms with Crippen LogP contribution in [0.15, 0.2) is 18.5 Å². The summed E-state index contributed by atoms with van der Waals surface area (Å²) in [6, 6.07) is 2.21. The number of nitrogens with two attached hydrogens (primary N) is 1. The van der Waals surface area contributed by atoms with Crippen molar-refractivity contribution in [3.63, 3.8) is 0 Å². The molecule has 31 heavy (non-hydrogen) atoms. The molecule has 1 aliphatic rings. The average Bonchev–Trinajstić information content (AvgIpc) is 3.33. The number of hydrogen-bond donors (Lipinski definition) is 4. The van der Waals surface area contributed by atoms with Gasteiger partial charge in [0.2, 0.25) is 5.91 Å². The Bertz CT molecular complexity index is 1100. The van der Waals surface area contributed by atoms with E-state index in [1.54, 1.807) is 6.20 Å². The predicted molar refractivity (Wildman–Crippen MR) is 120 cm³/mol. The lowest BCUT2D eigenvalue weighted by Gasteiger charge is -2.44. The van der Waals surface area contributed by atoms with Gasteiger partial charge in [-0.2, -0.15) is 4.98 Å². The van der Waals surface area contributed by atoms with Crippen molar-refractivity contribution >= 4 is 23.0 Å². The number of carbonyl (C=O) groups excluding carboxylic acids is 1. The number of H-pyrrole nitrogens is 1. The summed E-state index contributed by atoms with van der Waals surface area (Å²) in [5, 5.41) is 13.8. The maximum absolute atomic E-state index is 11.4. The standard InChI is InChI=1S/C20H27N7O2.C2H2/c1-9(2)17(29)19-24-15(12-5-14-18(22-7-12)26-20(21)25-14)8-27(19)16-6-13(10(16)3)23-11(4)28;1-2/h5,7-10,13,16-17,29H,6H2,1-4H3,(H,23,28)(H3,21,22,25,26);1-2H. The number of anilines is 1. The van der Waals surface area contributed by atoms with Crippen LogP contribution in [0.5, 0.6) is 0 Å². The number of fused-ring (bicyclic) bond motifs is 1. The SMILES string of the molecule is C#C.CC(=O)NC1CC(n2cc(-c3cnc4nc(N)[nH]c4c3)nc2C(O)C(C)C)C1C. The molecule has 4 atom stereocenters. The van der Waals surface area contributed by atoms with Crippen LogP contribution in [-0.4, -0.2) is 41.6 Å². The van der Waals surface area contributed by atoms with Crippen LogP contribution < -0.4 is 11.1 Å². The van der Waals surface area contributed by atoms with Gasteiger partial charge in [-0.1, -0.05) is 20.8 Å². The molecule has 0 radical (unpaired) electrons. The number of aliphatic hydroxyl groups is 1. The van der Waals surface area contributed by atoms with Crippen molar-refractivity contribution < 1.29 is 9.90 Å². The molecular weight excluding hydrogens is 394 g/mol. The number of nitrogen functional groups attached to an aromatic ring is 1. The molecule has 5 N–H and O–H groups in total. The molecule has 1 saturated carbocycles. The molecule has 0 saturated heterocycles. The topological polar surface area (TPSA) is 135 Å². The molecule has 3 aromatic heterocycles. The fourth-order valence-electron chi connectivity index (χ4n) is 3.97. The molecule has 9 heteroatoms. The highest BCUT2D eigenvalue weighted by molar-refractivity contribution is 5.78. The Hall–Kier alpha value is -3.38. The first-order valence-electron chi connectivity index (χ1n) is 10.2. The lowest BCUT2D eigenvalue weighted by molar-refractivity contribution is -0.121. The van der Waals surface area contributed by atoms with E-state index in [1.165, 1.54) is 6.92 Å². The maximum Gasteiger partial charge on any atom is 0.217 e. The third-order valence-electron chi connectivity index (χ3n) is 5.79. The summed E-state index contributed by atoms with van der Waals surface area (Å²) in [4.78, 5) is 27.6. The van der Waals surface area contributed by atoms with Crippen molar-refractivity contribution in [2.75, 3.05) is 5.73 Å². The molecule has 4 unspecified atom stereocenters. The minimum atomic E-state index is -0.685. The summed E-state index contributed by atoms with van der Waals surface area (Å²) in [6.45, 7) is 7.58. The molecule has 4 rings (SSSR count). The molecule has 0 bridgehead atoms. The van der Waals surface area contributed by atoms with Gasteiger partial charge in [-0.15, -0.1) is 12.8 Å². The van der Waals surface area contributed by atoms with E-state index >= 15 is 0 Å². The van der Waals surface area contributed by atoms with Gasteiger partial charge < -0.3 is 25.7 Å². The number of aromatic nitrogens is 5. The molecule has 1 fully saturated rings. The minimum absolute atomic E-state index is 0.0210. The molecule has 3 heterocycles. The number of carbonyl (C=O) groups is 1. The van der Waals surface area contributed by atoms with Gasteiger partial charge in [0.15, 0.2) is 11.6 Å². The van der Waals surface area contributed by atoms with Gasteiger partial charge in [0.25, 0.3) is 0 Å². The van der Waals surface area contributed by atoms with Gasteiger partial charge in [-0.05, 0) is 24.3 Å². The number of rotatable bonds is 5. The molecule has 3 aromatic rings. The van der Waals surface area contributed by atoms with Gasteiger partial charge in [0.1, 0.15) is 11.9 Å². The van der Waals surface area contributed by atoms with Gasteiger partial charge >= 0.3 is 0 Å². The van der Waals surface area contributed by atoms with Crippen molar-refractivity contribution in [1.29, 1.82) is 0 Å². The molecule has 1 amide bonds. The Labute approximate surface area is 181 Å². The normalized spacial score (nSPS) is 21.2. The van der Waals surface area contributed by atoms with E-state index in [4.69, 9.17) is 10.7 Å². The zero-order valence-electron chi connectivity index (χ0n) is 18.2. The monoisotopic (exact) mass is 423 g/mol. The van der Waals surface area contributed by atoms with E-state index in [2.05, 4.69) is 44.6 Å². The summed E-state index contributed by atoms with van der Waals surface area (Å²) in [5.74, 6) is 1.20. The van der Waals surface area contributed by atoms with Crippen molar-refractivity contribution in [2.24, 2.45) is 11.8 Å². The zero-order valence-corrected chi connectivity index (χ0v) is 18.2. The largest absolute Gasteiger partial charge is 0.385 e. The molecule has 164 valence electrons. The minimum Gasteiger partial charge on any atom is -0.385 e. The van der Waals surface area contributed by atoms with Gasteiger partial charge in [-0.3, -0.25) is 4.79 Å². The third-order valence-corrected chi connectivity index (χ3v) is 5.79. The number of pyridine rings is 1. The average molecular weight is 424 g/mol. The molecule has 0 spiro atoms. The lowest BCUT2D eigenvalue weighted by Crippen LogP contribution is -2.51. The van der Waals surface area contributed by atoms with Crippen molar-refractivity contribution in [2.45, 2.75) is 52.3 Å². The van der Waals surface area contributed by atoms with Crippen molar-refractivity contribution in [1.82, 2.24) is 29.8 Å². The van der Waals surface area contributed by atoms with E-state index in [0.29, 0.717) is 17.4 Å². The summed E-state index contributed by atoms with van der Waals surface area (Å²) in [6.07, 6.45) is 11.8. The maximum atomic E-state index is 11.4. The number of hydrogen-bond acceptors (Lipinski definition) is 6. The molecule has 9 nitrogen and oxygen atoms in total. The van der Waals surface area contributed by atoms with Gasteiger partial charge in [0, 0.05) is 37.0 Å². The fourth-order valence-corrected chi connectivity index (χ4v) is 3.97. The van der Waals surface area contributed by atoms with E-state index in [-0.39, 0.29) is 29.8 Å². The lowest BCUT2D eigenvalue weighted by atomic mass is 9.75. The first kappa shape index (κ1) is 22.3. The van der Waals surface area contributed by atoms with Crippen LogP contribution in [0.4, 0.5) is 5.95 Å². The van der Waals surface area contributed by atoms with E-state index in [9.17, 15) is 9.90 Å². The van der Waals surface area contributed by atoms with Crippen LogP contribution in [0, 0.1) is 24.7 Å². The smallest absolute Gasteiger partial charge is 0.217 e. The Morgan fingerprint density at radius 3 is 2.71 bits per heavy atom. The first-order valence-corrected chi connectivity index (χ1v) is 10.2. The second-order valence-electron chi connectivity index (χ2n) is 8.27. The van der Waals surface area contributed by atoms with Crippen LogP contribution in [-0.2, 0) is 4.79 Å². The quantitative estimate of drug-likeness (QED) is 0.466. The van der Waals surface area contributed by atoms with Crippen LogP contribution in [0.3, 0.4) is 0 Å². The number of aromatic amines is 1. The summed E-state index contributed by atoms with van der Waals surface area (Å²) < 4.78 is 2.06. The van der Waals surface area contributed by atoms with E-state index < -0.39 is 6.10 Å². The second-order valence-corrected chi connectivity index (χ2v) is 8.27. The third kappa shape index (κ3) is 4.25. The highest BCUT2D eigenvalue weighted by Gasteiger charge is 2.41. The van der Waals surface area contributed by atoms with E-state index in [0.717, 1.165) is 23.2 Å². The zero-order chi connectivity index (χ0) is 22.9. The number of terminal acetylenes is 1. The number of aliphatic hydroxyl groups excluding tert-OH is 1. The van der Waals surface area contributed by atoms with Crippen LogP contribution >= 0.6 is 0 Å². The van der Waals surface area contributed by atoms with Crippen LogP contribution in [0.1, 0.15) is 52.1 Å². The highest BCUT2D eigenvalue weighted by atomic mass is 16.3. The number of imidazole rings is 2. The Balaban J connectivity index is 0.00000132. The summed E-state index contributed by atoms with van der Waals surface area (Å²) in [5.41, 5.74) is 8.57. The predicted octanol–water partition coefficient (Wildman–Crippen LogP) is 2.43. The number of nitrogens with zero attached hydrogens (tertiary/aromatic N) is 4. The Morgan fingerprint density at radius 2 is 2.10 bits per heavy atom. The second kappa shape index (κ2) is 8.78. The van der Waals surface area contributed by atoms with Gasteiger partial charge in [-0.25, -0.2) is 9.97 Å². The summed E-state index contributed by atoms with van der Waals surface area (Å²) >= 11 is 0. The van der Waals surface area contributed by atoms with Crippen molar-refractivity contribution in [3.05, 3.63) is 24.3 Å². The van der Waals surface area contributed by atoms with Crippen LogP contribution in [0.2, 0.25) is 0 Å². The molecule has 0 aromatic carbocycles. The van der Waals surface area contributed by atoms with Crippen LogP contribution in [0.25, 0.3) is 22.4 Å². The summed E-state index contributed by atoms with van der Waals surface area (Å²) in [7, 11) is 0. The number of nitrogens with one attached hydrogen (secondary N) is 2. The number of amides is 1. The Morgan fingerprint density at radius 1 is 1.39 bits per heavy atom. The van der Waals surface area contributed by atoms with E-state index in [1.807, 2.05) is 26.1 Å². The fraction of sp³-hybridized carbons (Fsp3) is 0.455. The first-order chi connectivity index (χ1) is 14.7. The van der Waals surface area contributed by atoms with Gasteiger partial charge in [0.05, 0.1) is 11.2 Å². The van der Waals surface area contributed by atoms with Crippen molar-refractivity contribution in [3.8, 4) is 24.1 Å². The highest BCUT2D eigenvalue weighted by Crippen LogP contribution is 2.41. The Kier molecular flexibility index (Phi) is 6.32. The molecule has 0 aliphatic heterocycles. The molecule has 1 aliphatic carbocycles. The molecular formula is C22H29N7O2.